The summed E-state index contributed by atoms with van der Waals surface area (Å²) in [6, 6.07) is 11.3. The molecule has 0 fully saturated rings. The van der Waals surface area contributed by atoms with Crippen LogP contribution in [-0.2, 0) is 9.59 Å². The smallest absolute Gasteiger partial charge is 0.341 e. The van der Waals surface area contributed by atoms with Crippen LogP contribution in [0.5, 0.6) is 11.5 Å². The van der Waals surface area contributed by atoms with Gasteiger partial charge >= 0.3 is 5.97 Å². The molecule has 144 valence electrons. The van der Waals surface area contributed by atoms with Crippen molar-refractivity contribution in [3.8, 4) is 17.6 Å². The Morgan fingerprint density at radius 3 is 2.54 bits per heavy atom. The first-order valence-electron chi connectivity index (χ1n) is 7.75. The number of nitrogens with one attached hydrogen (secondary N) is 1. The zero-order valence-electron chi connectivity index (χ0n) is 14.5. The molecule has 2 aromatic rings. The van der Waals surface area contributed by atoms with E-state index in [1.165, 1.54) is 25.3 Å². The van der Waals surface area contributed by atoms with Gasteiger partial charge < -0.3 is 19.9 Å². The van der Waals surface area contributed by atoms with Crippen molar-refractivity contribution in [2.45, 2.75) is 0 Å². The number of hydrogen-bond donors (Lipinski definition) is 2. The summed E-state index contributed by atoms with van der Waals surface area (Å²) in [4.78, 5) is 23.0. The minimum atomic E-state index is -1.13. The lowest BCUT2D eigenvalue weighted by Crippen LogP contribution is -2.13. The van der Waals surface area contributed by atoms with Gasteiger partial charge in [-0.2, -0.15) is 5.26 Å². The Kier molecular flexibility index (Phi) is 7.44. The molecule has 0 unspecified atom stereocenters. The maximum Gasteiger partial charge on any atom is 0.341 e. The Morgan fingerprint density at radius 2 is 1.96 bits per heavy atom. The molecule has 0 radical (unpaired) electrons. The van der Waals surface area contributed by atoms with E-state index in [2.05, 4.69) is 21.2 Å². The fourth-order valence-electron chi connectivity index (χ4n) is 2.11. The summed E-state index contributed by atoms with van der Waals surface area (Å²) in [5.74, 6) is -1.26. The first kappa shape index (κ1) is 21.3. The number of carbonyl (C=O) groups is 2. The average Bonchev–Trinajstić information content (AvgIpc) is 2.67. The lowest BCUT2D eigenvalue weighted by molar-refractivity contribution is -0.139. The van der Waals surface area contributed by atoms with Crippen LogP contribution in [0, 0.1) is 11.3 Å². The highest BCUT2D eigenvalue weighted by molar-refractivity contribution is 9.10. The highest BCUT2D eigenvalue weighted by atomic mass is 79.9. The quantitative estimate of drug-likeness (QED) is 0.470. The van der Waals surface area contributed by atoms with Crippen molar-refractivity contribution in [1.82, 2.24) is 0 Å². The van der Waals surface area contributed by atoms with Gasteiger partial charge in [-0.3, -0.25) is 4.79 Å². The maximum absolute atomic E-state index is 12.4. The predicted molar refractivity (Wildman–Crippen MR) is 107 cm³/mol. The molecule has 0 aliphatic carbocycles. The molecular formula is C19H14BrClN2O5. The van der Waals surface area contributed by atoms with E-state index in [4.69, 9.17) is 26.2 Å². The molecule has 0 atom stereocenters. The number of methoxy groups -OCH3 is 1. The van der Waals surface area contributed by atoms with Crippen molar-refractivity contribution in [2.75, 3.05) is 19.0 Å². The third kappa shape index (κ3) is 5.74. The van der Waals surface area contributed by atoms with Gasteiger partial charge in [0.25, 0.3) is 5.91 Å². The molecule has 0 aromatic heterocycles. The summed E-state index contributed by atoms with van der Waals surface area (Å²) in [5, 5.41) is 21.2. The monoisotopic (exact) mass is 464 g/mol. The molecular weight excluding hydrogens is 452 g/mol. The van der Waals surface area contributed by atoms with Gasteiger partial charge in [0, 0.05) is 15.2 Å². The van der Waals surface area contributed by atoms with Crippen molar-refractivity contribution in [3.63, 3.8) is 0 Å². The molecule has 0 saturated heterocycles. The number of aliphatic carboxylic acids is 1. The summed E-state index contributed by atoms with van der Waals surface area (Å²) in [5.41, 5.74) is 0.823. The van der Waals surface area contributed by atoms with E-state index < -0.39 is 18.5 Å². The Labute approximate surface area is 174 Å². The minimum absolute atomic E-state index is 0.142. The van der Waals surface area contributed by atoms with Gasteiger partial charge in [-0.15, -0.1) is 0 Å². The number of carbonyl (C=O) groups excluding carboxylic acids is 1. The molecule has 0 bridgehead atoms. The van der Waals surface area contributed by atoms with E-state index in [1.807, 2.05) is 6.07 Å². The first-order valence-corrected chi connectivity index (χ1v) is 8.92. The summed E-state index contributed by atoms with van der Waals surface area (Å²) < 4.78 is 10.8. The van der Waals surface area contributed by atoms with Crippen molar-refractivity contribution < 1.29 is 24.2 Å². The van der Waals surface area contributed by atoms with E-state index in [0.717, 1.165) is 0 Å². The number of ether oxygens (including phenoxy) is 2. The normalized spacial score (nSPS) is 10.7. The molecule has 2 N–H and O–H groups in total. The van der Waals surface area contributed by atoms with Crippen LogP contribution in [-0.4, -0.2) is 30.7 Å². The molecule has 0 saturated carbocycles. The van der Waals surface area contributed by atoms with Crippen LogP contribution in [0.3, 0.4) is 0 Å². The van der Waals surface area contributed by atoms with Crippen LogP contribution in [0.15, 0.2) is 46.4 Å². The van der Waals surface area contributed by atoms with Crippen molar-refractivity contribution in [1.29, 1.82) is 5.26 Å². The maximum atomic E-state index is 12.4. The first-order chi connectivity index (χ1) is 13.3. The van der Waals surface area contributed by atoms with Crippen molar-refractivity contribution in [3.05, 3.63) is 57.0 Å². The summed E-state index contributed by atoms with van der Waals surface area (Å²) in [7, 11) is 1.39. The van der Waals surface area contributed by atoms with Gasteiger partial charge in [0.2, 0.25) is 0 Å². The zero-order chi connectivity index (χ0) is 20.7. The number of benzene rings is 2. The van der Waals surface area contributed by atoms with Gasteiger partial charge in [0.15, 0.2) is 18.1 Å². The summed E-state index contributed by atoms with van der Waals surface area (Å²) in [6.07, 6.45) is 1.37. The van der Waals surface area contributed by atoms with Crippen LogP contribution in [0.1, 0.15) is 5.56 Å². The Balaban J connectivity index is 2.29. The Morgan fingerprint density at radius 1 is 1.29 bits per heavy atom. The minimum Gasteiger partial charge on any atom is -0.493 e. The third-order valence-corrected chi connectivity index (χ3v) is 4.34. The van der Waals surface area contributed by atoms with Crippen LogP contribution in [0.2, 0.25) is 5.02 Å². The molecule has 0 aliphatic heterocycles. The summed E-state index contributed by atoms with van der Waals surface area (Å²) in [6.45, 7) is -0.537. The van der Waals surface area contributed by atoms with Gasteiger partial charge in [-0.25, -0.2) is 4.79 Å². The third-order valence-electron chi connectivity index (χ3n) is 3.40. The molecule has 1 amide bonds. The van der Waals surface area contributed by atoms with Gasteiger partial charge in [-0.05, 0) is 48.0 Å². The van der Waals surface area contributed by atoms with E-state index in [0.29, 0.717) is 20.7 Å². The van der Waals surface area contributed by atoms with E-state index in [-0.39, 0.29) is 17.1 Å². The van der Waals surface area contributed by atoms with Gasteiger partial charge in [0.1, 0.15) is 11.6 Å². The molecule has 0 heterocycles. The van der Waals surface area contributed by atoms with E-state index in [1.54, 1.807) is 24.3 Å². The molecule has 0 aliphatic rings. The van der Waals surface area contributed by atoms with E-state index >= 15 is 0 Å². The second kappa shape index (κ2) is 9.78. The van der Waals surface area contributed by atoms with Crippen LogP contribution in [0.4, 0.5) is 5.69 Å². The molecule has 2 rings (SSSR count). The number of nitriles is 1. The number of hydrogen-bond acceptors (Lipinski definition) is 5. The Hall–Kier alpha value is -3.02. The second-order valence-corrected chi connectivity index (χ2v) is 6.63. The molecule has 2 aromatic carbocycles. The number of amides is 1. The molecule has 7 nitrogen and oxygen atoms in total. The van der Waals surface area contributed by atoms with Gasteiger partial charge in [0.05, 0.1) is 7.11 Å². The average molecular weight is 466 g/mol. The molecule has 0 spiro atoms. The molecule has 9 heteroatoms. The number of rotatable bonds is 7. The number of anilines is 1. The van der Waals surface area contributed by atoms with E-state index in [9.17, 15) is 14.9 Å². The van der Waals surface area contributed by atoms with Crippen LogP contribution in [0.25, 0.3) is 6.08 Å². The lowest BCUT2D eigenvalue weighted by Gasteiger charge is -2.12. The number of carboxylic acids is 1. The second-order valence-electron chi connectivity index (χ2n) is 5.34. The number of halogens is 2. The SMILES string of the molecule is COc1cc(/C=C(/C#N)C(=O)Nc2ccc(Cl)cc2)c(Br)cc1OCC(=O)O. The lowest BCUT2D eigenvalue weighted by atomic mass is 10.1. The largest absolute Gasteiger partial charge is 0.493 e. The Bertz CT molecular complexity index is 968. The van der Waals surface area contributed by atoms with Crippen LogP contribution >= 0.6 is 27.5 Å². The fraction of sp³-hybridized carbons (Fsp3) is 0.105. The predicted octanol–water partition coefficient (Wildman–Crippen LogP) is 4.12. The highest BCUT2D eigenvalue weighted by Gasteiger charge is 2.14. The fourth-order valence-corrected chi connectivity index (χ4v) is 2.67. The highest BCUT2D eigenvalue weighted by Crippen LogP contribution is 2.34. The van der Waals surface area contributed by atoms with Crippen molar-refractivity contribution in [2.24, 2.45) is 0 Å². The molecule has 28 heavy (non-hydrogen) atoms. The number of nitrogens with zero attached hydrogens (tertiary/aromatic N) is 1. The zero-order valence-corrected chi connectivity index (χ0v) is 16.9. The topological polar surface area (TPSA) is 109 Å². The van der Waals surface area contributed by atoms with Crippen LogP contribution < -0.4 is 14.8 Å². The van der Waals surface area contributed by atoms with Crippen molar-refractivity contribution >= 4 is 51.2 Å². The standard InChI is InChI=1S/C19H14BrClN2O5/c1-27-16-7-11(15(20)8-17(16)28-10-18(24)25)6-12(9-22)19(26)23-14-4-2-13(21)3-5-14/h2-8H,10H2,1H3,(H,23,26)(H,24,25)/b12-6-. The van der Waals surface area contributed by atoms with Gasteiger partial charge in [-0.1, -0.05) is 27.5 Å². The summed E-state index contributed by atoms with van der Waals surface area (Å²) >= 11 is 9.12. The number of carboxylic acid groups (broad SMARTS) is 1.